The van der Waals surface area contributed by atoms with E-state index in [0.717, 1.165) is 12.8 Å². The molecule has 0 saturated carbocycles. The second-order valence-electron chi connectivity index (χ2n) is 5.95. The molecule has 0 radical (unpaired) electrons. The van der Waals surface area contributed by atoms with Gasteiger partial charge >= 0.3 is 0 Å². The second kappa shape index (κ2) is 9.64. The van der Waals surface area contributed by atoms with E-state index in [1.54, 1.807) is 12.1 Å². The van der Waals surface area contributed by atoms with Crippen molar-refractivity contribution < 1.29 is 17.9 Å². The predicted octanol–water partition coefficient (Wildman–Crippen LogP) is 2.45. The van der Waals surface area contributed by atoms with Crippen molar-refractivity contribution in [2.24, 2.45) is 0 Å². The fraction of sp³-hybridized carbons (Fsp3) is 0.588. The van der Waals surface area contributed by atoms with E-state index in [0.29, 0.717) is 12.2 Å². The molecule has 1 aromatic carbocycles. The zero-order valence-electron chi connectivity index (χ0n) is 14.8. The summed E-state index contributed by atoms with van der Waals surface area (Å²) >= 11 is 0. The molecule has 7 heteroatoms. The summed E-state index contributed by atoms with van der Waals surface area (Å²) in [5, 5.41) is 2.84. The van der Waals surface area contributed by atoms with E-state index < -0.39 is 10.0 Å². The number of hydrogen-bond donors (Lipinski definition) is 2. The molecule has 0 aromatic heterocycles. The molecule has 1 aromatic rings. The van der Waals surface area contributed by atoms with Gasteiger partial charge in [-0.1, -0.05) is 20.3 Å². The van der Waals surface area contributed by atoms with Crippen molar-refractivity contribution in [2.75, 3.05) is 6.61 Å². The minimum absolute atomic E-state index is 0.0920. The number of sulfonamides is 1. The highest BCUT2D eigenvalue weighted by molar-refractivity contribution is 7.89. The third kappa shape index (κ3) is 6.88. The van der Waals surface area contributed by atoms with E-state index in [1.165, 1.54) is 12.1 Å². The fourth-order valence-corrected chi connectivity index (χ4v) is 3.43. The van der Waals surface area contributed by atoms with E-state index in [-0.39, 0.29) is 29.5 Å². The number of carbonyl (C=O) groups excluding carboxylic acids is 1. The smallest absolute Gasteiger partial charge is 0.258 e. The molecule has 0 saturated heterocycles. The first-order valence-electron chi connectivity index (χ1n) is 8.33. The SMILES string of the molecule is CCC[C@H](C)NC(=O)COc1ccc(S(=O)(=O)N[C@H](C)CC)cc1. The van der Waals surface area contributed by atoms with Gasteiger partial charge in [-0.05, 0) is 51.0 Å². The van der Waals surface area contributed by atoms with Gasteiger partial charge in [0.15, 0.2) is 6.61 Å². The molecule has 0 spiro atoms. The topological polar surface area (TPSA) is 84.5 Å². The molecular formula is C17H28N2O4S. The first-order valence-corrected chi connectivity index (χ1v) is 9.81. The Morgan fingerprint density at radius 2 is 1.75 bits per heavy atom. The monoisotopic (exact) mass is 356 g/mol. The maximum absolute atomic E-state index is 12.1. The molecule has 0 aliphatic carbocycles. The molecule has 2 N–H and O–H groups in total. The molecule has 136 valence electrons. The number of nitrogens with one attached hydrogen (secondary N) is 2. The standard InChI is InChI=1S/C17H28N2O4S/c1-5-7-14(4)18-17(20)12-23-15-8-10-16(11-9-15)24(21,22)19-13(3)6-2/h8-11,13-14,19H,5-7,12H2,1-4H3,(H,18,20)/t13-,14+/m1/s1. The summed E-state index contributed by atoms with van der Waals surface area (Å²) in [5.74, 6) is 0.266. The summed E-state index contributed by atoms with van der Waals surface area (Å²) in [6, 6.07) is 6.03. The Morgan fingerprint density at radius 3 is 2.29 bits per heavy atom. The van der Waals surface area contributed by atoms with E-state index in [1.807, 2.05) is 20.8 Å². The van der Waals surface area contributed by atoms with Gasteiger partial charge in [0, 0.05) is 12.1 Å². The number of ether oxygens (including phenoxy) is 1. The Balaban J connectivity index is 2.57. The number of carbonyl (C=O) groups is 1. The van der Waals surface area contributed by atoms with Gasteiger partial charge in [0.2, 0.25) is 10.0 Å². The Morgan fingerprint density at radius 1 is 1.12 bits per heavy atom. The lowest BCUT2D eigenvalue weighted by Gasteiger charge is -2.14. The minimum Gasteiger partial charge on any atom is -0.484 e. The molecule has 0 bridgehead atoms. The van der Waals surface area contributed by atoms with Crippen LogP contribution >= 0.6 is 0 Å². The normalized spacial score (nSPS) is 14.0. The molecule has 24 heavy (non-hydrogen) atoms. The van der Waals surface area contributed by atoms with E-state index in [2.05, 4.69) is 17.0 Å². The van der Waals surface area contributed by atoms with Crippen LogP contribution in [0.5, 0.6) is 5.75 Å². The van der Waals surface area contributed by atoms with Crippen LogP contribution in [0.1, 0.15) is 47.0 Å². The van der Waals surface area contributed by atoms with Crippen molar-refractivity contribution in [2.45, 2.75) is 63.9 Å². The molecule has 1 rings (SSSR count). The van der Waals surface area contributed by atoms with Crippen molar-refractivity contribution in [3.8, 4) is 5.75 Å². The largest absolute Gasteiger partial charge is 0.484 e. The number of amides is 1. The van der Waals surface area contributed by atoms with Crippen LogP contribution in [0, 0.1) is 0 Å². The van der Waals surface area contributed by atoms with Gasteiger partial charge in [0.05, 0.1) is 4.90 Å². The van der Waals surface area contributed by atoms with Gasteiger partial charge in [0.25, 0.3) is 5.91 Å². The van der Waals surface area contributed by atoms with Crippen molar-refractivity contribution >= 4 is 15.9 Å². The third-order valence-electron chi connectivity index (χ3n) is 3.60. The summed E-state index contributed by atoms with van der Waals surface area (Å²) in [6.45, 7) is 7.64. The van der Waals surface area contributed by atoms with E-state index in [9.17, 15) is 13.2 Å². The summed E-state index contributed by atoms with van der Waals surface area (Å²) in [5.41, 5.74) is 0. The van der Waals surface area contributed by atoms with Gasteiger partial charge in [0.1, 0.15) is 5.75 Å². The van der Waals surface area contributed by atoms with Crippen LogP contribution in [0.3, 0.4) is 0 Å². The fourth-order valence-electron chi connectivity index (χ4n) is 2.10. The number of rotatable bonds is 10. The molecular weight excluding hydrogens is 328 g/mol. The minimum atomic E-state index is -3.53. The lowest BCUT2D eigenvalue weighted by Crippen LogP contribution is -2.35. The zero-order chi connectivity index (χ0) is 18.2. The second-order valence-corrected chi connectivity index (χ2v) is 7.66. The van der Waals surface area contributed by atoms with Crippen LogP contribution in [0.25, 0.3) is 0 Å². The molecule has 0 fully saturated rings. The average molecular weight is 356 g/mol. The molecule has 6 nitrogen and oxygen atoms in total. The molecule has 0 unspecified atom stereocenters. The van der Waals surface area contributed by atoms with Crippen LogP contribution < -0.4 is 14.8 Å². The molecule has 0 aliphatic heterocycles. The Kier molecular flexibility index (Phi) is 8.21. The van der Waals surface area contributed by atoms with Gasteiger partial charge in [-0.15, -0.1) is 0 Å². The molecule has 1 amide bonds. The van der Waals surface area contributed by atoms with Gasteiger partial charge in [-0.2, -0.15) is 0 Å². The van der Waals surface area contributed by atoms with Crippen molar-refractivity contribution in [3.05, 3.63) is 24.3 Å². The lowest BCUT2D eigenvalue weighted by molar-refractivity contribution is -0.123. The highest BCUT2D eigenvalue weighted by Gasteiger charge is 2.16. The van der Waals surface area contributed by atoms with Crippen LogP contribution in [0.4, 0.5) is 0 Å². The summed E-state index contributed by atoms with van der Waals surface area (Å²) in [6.07, 6.45) is 2.64. The predicted molar refractivity (Wildman–Crippen MR) is 94.5 cm³/mol. The van der Waals surface area contributed by atoms with Crippen molar-refractivity contribution in [1.82, 2.24) is 10.0 Å². The highest BCUT2D eigenvalue weighted by atomic mass is 32.2. The first-order chi connectivity index (χ1) is 11.3. The van der Waals surface area contributed by atoms with Crippen molar-refractivity contribution in [3.63, 3.8) is 0 Å². The molecule has 0 aliphatic rings. The van der Waals surface area contributed by atoms with Gasteiger partial charge in [-0.3, -0.25) is 4.79 Å². The van der Waals surface area contributed by atoms with E-state index >= 15 is 0 Å². The third-order valence-corrected chi connectivity index (χ3v) is 5.21. The molecule has 0 heterocycles. The van der Waals surface area contributed by atoms with Gasteiger partial charge < -0.3 is 10.1 Å². The summed E-state index contributed by atoms with van der Waals surface area (Å²) in [7, 11) is -3.53. The summed E-state index contributed by atoms with van der Waals surface area (Å²) < 4.78 is 32.3. The lowest BCUT2D eigenvalue weighted by atomic mass is 10.2. The van der Waals surface area contributed by atoms with Crippen LogP contribution in [-0.4, -0.2) is 33.0 Å². The van der Waals surface area contributed by atoms with Crippen molar-refractivity contribution in [1.29, 1.82) is 0 Å². The quantitative estimate of drug-likeness (QED) is 0.674. The Labute approximate surface area is 145 Å². The van der Waals surface area contributed by atoms with Crippen LogP contribution in [0.2, 0.25) is 0 Å². The average Bonchev–Trinajstić information content (AvgIpc) is 2.53. The number of benzene rings is 1. The maximum Gasteiger partial charge on any atom is 0.258 e. The Bertz CT molecular complexity index is 614. The zero-order valence-corrected chi connectivity index (χ0v) is 15.7. The van der Waals surface area contributed by atoms with Gasteiger partial charge in [-0.25, -0.2) is 13.1 Å². The first kappa shape index (κ1) is 20.4. The molecule has 2 atom stereocenters. The van der Waals surface area contributed by atoms with E-state index in [4.69, 9.17) is 4.74 Å². The summed E-state index contributed by atoms with van der Waals surface area (Å²) in [4.78, 5) is 11.9. The number of hydrogen-bond acceptors (Lipinski definition) is 4. The maximum atomic E-state index is 12.1. The van der Waals surface area contributed by atoms with Crippen LogP contribution in [0.15, 0.2) is 29.2 Å². The Hall–Kier alpha value is -1.60. The highest BCUT2D eigenvalue weighted by Crippen LogP contribution is 2.16. The van der Waals surface area contributed by atoms with Crippen LogP contribution in [-0.2, 0) is 14.8 Å².